The van der Waals surface area contributed by atoms with Gasteiger partial charge in [0.15, 0.2) is 11.6 Å². The van der Waals surface area contributed by atoms with E-state index in [4.69, 9.17) is 26.3 Å². The molecule has 0 spiro atoms. The van der Waals surface area contributed by atoms with Crippen molar-refractivity contribution in [2.45, 2.75) is 18.9 Å². The number of carbonyl (C=O) groups is 1. The van der Waals surface area contributed by atoms with Crippen LogP contribution in [-0.2, 0) is 0 Å². The highest BCUT2D eigenvalue weighted by Gasteiger charge is 2.29. The second kappa shape index (κ2) is 8.19. The van der Waals surface area contributed by atoms with Gasteiger partial charge in [-0.05, 0) is 37.1 Å². The van der Waals surface area contributed by atoms with Crippen molar-refractivity contribution < 1.29 is 9.53 Å². The monoisotopic (exact) mass is 438 g/mol. The molecular formula is C22H23ClN6O2. The Morgan fingerprint density at radius 3 is 2.68 bits per heavy atom. The van der Waals surface area contributed by atoms with Gasteiger partial charge in [0.25, 0.3) is 5.91 Å². The van der Waals surface area contributed by atoms with E-state index in [2.05, 4.69) is 15.2 Å². The Morgan fingerprint density at radius 2 is 1.94 bits per heavy atom. The van der Waals surface area contributed by atoms with E-state index in [0.29, 0.717) is 48.6 Å². The van der Waals surface area contributed by atoms with Crippen LogP contribution in [0.15, 0.2) is 36.7 Å². The standard InChI is InChI=1S/C22H23ClN6O2/c1-31-19-12-14(23)2-5-16(19)22(30)29-10-8-28(9-11-29)21-20(25-15-3-4-15)26-17-6-7-24-13-18(17)27-21/h2,5-7,12-13,15H,3-4,8-11H2,1H3,(H,25,26). The molecule has 2 aliphatic rings. The van der Waals surface area contributed by atoms with E-state index in [0.717, 1.165) is 35.5 Å². The minimum atomic E-state index is -0.0571. The van der Waals surface area contributed by atoms with Gasteiger partial charge in [0.05, 0.1) is 24.4 Å². The summed E-state index contributed by atoms with van der Waals surface area (Å²) in [4.78, 5) is 30.9. The number of ether oxygens (including phenoxy) is 1. The van der Waals surface area contributed by atoms with Gasteiger partial charge in [-0.15, -0.1) is 0 Å². The molecule has 9 heteroatoms. The number of benzene rings is 1. The molecule has 1 saturated heterocycles. The number of halogens is 1. The van der Waals surface area contributed by atoms with Gasteiger partial charge in [-0.25, -0.2) is 9.97 Å². The minimum absolute atomic E-state index is 0.0571. The van der Waals surface area contributed by atoms with Gasteiger partial charge in [0.2, 0.25) is 0 Å². The van der Waals surface area contributed by atoms with E-state index < -0.39 is 0 Å². The molecule has 1 N–H and O–H groups in total. The molecule has 1 amide bonds. The van der Waals surface area contributed by atoms with Crippen molar-refractivity contribution in [1.29, 1.82) is 0 Å². The number of fused-ring (bicyclic) bond motifs is 1. The maximum absolute atomic E-state index is 13.1. The summed E-state index contributed by atoms with van der Waals surface area (Å²) in [5, 5.41) is 4.05. The number of pyridine rings is 1. The number of hydrogen-bond donors (Lipinski definition) is 1. The average Bonchev–Trinajstić information content (AvgIpc) is 3.62. The predicted octanol–water partition coefficient (Wildman–Crippen LogP) is 3.22. The molecule has 160 valence electrons. The van der Waals surface area contributed by atoms with Crippen molar-refractivity contribution in [2.75, 3.05) is 43.5 Å². The van der Waals surface area contributed by atoms with Crippen molar-refractivity contribution in [3.05, 3.63) is 47.2 Å². The topological polar surface area (TPSA) is 83.5 Å². The molecule has 3 heterocycles. The first-order valence-electron chi connectivity index (χ1n) is 10.4. The first-order chi connectivity index (χ1) is 15.1. The van der Waals surface area contributed by atoms with Gasteiger partial charge in [-0.2, -0.15) is 0 Å². The summed E-state index contributed by atoms with van der Waals surface area (Å²) in [6.45, 7) is 2.50. The van der Waals surface area contributed by atoms with Crippen LogP contribution in [-0.4, -0.2) is 65.1 Å². The van der Waals surface area contributed by atoms with Crippen LogP contribution in [0, 0.1) is 0 Å². The fraction of sp³-hybridized carbons (Fsp3) is 0.364. The molecule has 0 radical (unpaired) electrons. The number of piperazine rings is 1. The van der Waals surface area contributed by atoms with Gasteiger partial charge < -0.3 is 19.9 Å². The van der Waals surface area contributed by atoms with Crippen molar-refractivity contribution >= 4 is 40.2 Å². The van der Waals surface area contributed by atoms with Gasteiger partial charge in [-0.1, -0.05) is 11.6 Å². The molecule has 2 aromatic heterocycles. The Balaban J connectivity index is 1.35. The molecule has 1 aliphatic heterocycles. The molecule has 1 saturated carbocycles. The number of rotatable bonds is 5. The molecule has 5 rings (SSSR count). The lowest BCUT2D eigenvalue weighted by atomic mass is 10.1. The lowest BCUT2D eigenvalue weighted by molar-refractivity contribution is 0.0743. The van der Waals surface area contributed by atoms with Crippen molar-refractivity contribution in [3.63, 3.8) is 0 Å². The van der Waals surface area contributed by atoms with Crippen LogP contribution < -0.4 is 15.0 Å². The van der Waals surface area contributed by atoms with Crippen LogP contribution in [0.4, 0.5) is 11.6 Å². The second-order valence-electron chi connectivity index (χ2n) is 7.80. The lowest BCUT2D eigenvalue weighted by Crippen LogP contribution is -2.49. The molecule has 31 heavy (non-hydrogen) atoms. The maximum atomic E-state index is 13.1. The second-order valence-corrected chi connectivity index (χ2v) is 8.24. The van der Waals surface area contributed by atoms with Crippen LogP contribution in [0.5, 0.6) is 5.75 Å². The zero-order valence-electron chi connectivity index (χ0n) is 17.2. The summed E-state index contributed by atoms with van der Waals surface area (Å²) in [7, 11) is 1.54. The van der Waals surface area contributed by atoms with Crippen molar-refractivity contribution in [2.24, 2.45) is 0 Å². The fourth-order valence-corrected chi connectivity index (χ4v) is 3.93. The SMILES string of the molecule is COc1cc(Cl)ccc1C(=O)N1CCN(c2nc3cnccc3nc2NC2CC2)CC1. The molecule has 0 bridgehead atoms. The summed E-state index contributed by atoms with van der Waals surface area (Å²) in [6, 6.07) is 7.43. The third kappa shape index (κ3) is 4.07. The Bertz CT molecular complexity index is 1130. The zero-order chi connectivity index (χ0) is 21.4. The van der Waals surface area contributed by atoms with Gasteiger partial charge in [0, 0.05) is 43.4 Å². The van der Waals surface area contributed by atoms with Gasteiger partial charge >= 0.3 is 0 Å². The maximum Gasteiger partial charge on any atom is 0.257 e. The Labute approximate surface area is 185 Å². The number of amides is 1. The van der Waals surface area contributed by atoms with E-state index in [1.165, 1.54) is 0 Å². The van der Waals surface area contributed by atoms with E-state index in [1.807, 2.05) is 11.0 Å². The molecule has 1 aromatic carbocycles. The van der Waals surface area contributed by atoms with Crippen molar-refractivity contribution in [1.82, 2.24) is 19.9 Å². The Hall–Kier alpha value is -3.13. The molecule has 2 fully saturated rings. The first-order valence-corrected chi connectivity index (χ1v) is 10.8. The summed E-state index contributed by atoms with van der Waals surface area (Å²) in [5.74, 6) is 2.06. The average molecular weight is 439 g/mol. The number of anilines is 2. The van der Waals surface area contributed by atoms with Crippen LogP contribution in [0.1, 0.15) is 23.2 Å². The van der Waals surface area contributed by atoms with Crippen LogP contribution >= 0.6 is 11.6 Å². The van der Waals surface area contributed by atoms with Crippen LogP contribution in [0.2, 0.25) is 5.02 Å². The summed E-state index contributed by atoms with van der Waals surface area (Å²) in [6.07, 6.45) is 5.77. The van der Waals surface area contributed by atoms with Crippen LogP contribution in [0.25, 0.3) is 11.0 Å². The summed E-state index contributed by atoms with van der Waals surface area (Å²) in [5.41, 5.74) is 2.11. The quantitative estimate of drug-likeness (QED) is 0.654. The molecular weight excluding hydrogens is 416 g/mol. The third-order valence-electron chi connectivity index (χ3n) is 5.63. The normalized spacial score (nSPS) is 16.5. The number of hydrogen-bond acceptors (Lipinski definition) is 7. The molecule has 8 nitrogen and oxygen atoms in total. The first kappa shape index (κ1) is 19.8. The lowest BCUT2D eigenvalue weighted by Gasteiger charge is -2.36. The van der Waals surface area contributed by atoms with Gasteiger partial charge in [0.1, 0.15) is 11.3 Å². The highest BCUT2D eigenvalue weighted by Crippen LogP contribution is 2.31. The third-order valence-corrected chi connectivity index (χ3v) is 5.86. The number of aromatic nitrogens is 3. The largest absolute Gasteiger partial charge is 0.496 e. The highest BCUT2D eigenvalue weighted by molar-refractivity contribution is 6.30. The number of carbonyl (C=O) groups excluding carboxylic acids is 1. The minimum Gasteiger partial charge on any atom is -0.496 e. The fourth-order valence-electron chi connectivity index (χ4n) is 3.77. The van der Waals surface area contributed by atoms with E-state index in [-0.39, 0.29) is 5.91 Å². The predicted molar refractivity (Wildman–Crippen MR) is 120 cm³/mol. The molecule has 1 aliphatic carbocycles. The van der Waals surface area contributed by atoms with E-state index in [1.54, 1.807) is 37.7 Å². The molecule has 0 atom stereocenters. The molecule has 3 aromatic rings. The number of nitrogens with zero attached hydrogens (tertiary/aromatic N) is 5. The van der Waals surface area contributed by atoms with Crippen molar-refractivity contribution in [3.8, 4) is 5.75 Å². The Kier molecular flexibility index (Phi) is 5.23. The number of methoxy groups -OCH3 is 1. The summed E-state index contributed by atoms with van der Waals surface area (Å²) < 4.78 is 5.35. The summed E-state index contributed by atoms with van der Waals surface area (Å²) >= 11 is 6.03. The smallest absolute Gasteiger partial charge is 0.257 e. The zero-order valence-corrected chi connectivity index (χ0v) is 18.0. The van der Waals surface area contributed by atoms with E-state index >= 15 is 0 Å². The van der Waals surface area contributed by atoms with Gasteiger partial charge in [-0.3, -0.25) is 9.78 Å². The Morgan fingerprint density at radius 1 is 1.13 bits per heavy atom. The van der Waals surface area contributed by atoms with Crippen LogP contribution in [0.3, 0.4) is 0 Å². The molecule has 0 unspecified atom stereocenters. The highest BCUT2D eigenvalue weighted by atomic mass is 35.5. The van der Waals surface area contributed by atoms with E-state index in [9.17, 15) is 4.79 Å². The number of nitrogens with one attached hydrogen (secondary N) is 1.